The number of allylic oxidation sites excluding steroid dienone is 4. The Morgan fingerprint density at radius 3 is 1.38 bits per heavy atom. The molecule has 2 aliphatic rings. The van der Waals surface area contributed by atoms with E-state index in [0.29, 0.717) is 0 Å². The predicted octanol–water partition coefficient (Wildman–Crippen LogP) is 11.2. The first kappa shape index (κ1) is 49.6. The molecule has 0 saturated heterocycles. The third-order valence-electron chi connectivity index (χ3n) is 13.4. The maximum atomic E-state index is 6.36. The molecule has 10 rings (SSSR count). The zero-order valence-corrected chi connectivity index (χ0v) is 44.9. The minimum Gasteiger partial charge on any atom is -1.00 e. The Labute approximate surface area is 433 Å². The number of fused-ring (bicyclic) bond motifs is 3. The zero-order chi connectivity index (χ0) is 45.7. The first-order valence-corrected chi connectivity index (χ1v) is 27.6. The van der Waals surface area contributed by atoms with E-state index in [0.717, 1.165) is 34.0 Å². The Balaban J connectivity index is 0.00000312. The van der Waals surface area contributed by atoms with E-state index < -0.39 is 21.3 Å². The van der Waals surface area contributed by atoms with Crippen molar-refractivity contribution in [1.82, 2.24) is 0 Å². The Kier molecular flexibility index (Phi) is 14.8. The van der Waals surface area contributed by atoms with Gasteiger partial charge in [-0.25, -0.2) is 0 Å². The summed E-state index contributed by atoms with van der Waals surface area (Å²) < 4.78 is 4.70. The van der Waals surface area contributed by atoms with Crippen LogP contribution in [0.4, 0.5) is 0 Å². The predicted molar refractivity (Wildman–Crippen MR) is 281 cm³/mol. The second-order valence-corrected chi connectivity index (χ2v) is 26.7. The summed E-state index contributed by atoms with van der Waals surface area (Å²) in [4.78, 5) is 0. The largest absolute Gasteiger partial charge is 1.00 e. The molecule has 8 aromatic carbocycles. The molecular weight excluding hydrogens is 990 g/mol. The molecule has 0 unspecified atom stereocenters. The summed E-state index contributed by atoms with van der Waals surface area (Å²) in [6, 6.07) is 65.3. The smallest absolute Gasteiger partial charge is 1.00 e. The van der Waals surface area contributed by atoms with E-state index in [1.807, 2.05) is 24.3 Å². The van der Waals surface area contributed by atoms with Crippen molar-refractivity contribution in [3.8, 4) is 55.6 Å². The van der Waals surface area contributed by atoms with Gasteiger partial charge < -0.3 is 24.8 Å². The molecule has 0 N–H and O–H groups in total. The molecule has 0 aliphatic heterocycles. The summed E-state index contributed by atoms with van der Waals surface area (Å²) >= 11 is 9.46. The summed E-state index contributed by atoms with van der Waals surface area (Å²) in [7, 11) is 0. The van der Waals surface area contributed by atoms with Crippen molar-refractivity contribution in [2.45, 2.75) is 65.2 Å². The van der Waals surface area contributed by atoms with Crippen LogP contribution in [0.25, 0.3) is 55.6 Å². The van der Waals surface area contributed by atoms with E-state index in [1.165, 1.54) is 81.1 Å². The standard InChI is InChI=1S/C33H33.C25H16Cl2.C5H5.2ClH.Zr/c1-32(2,3)30-20-26-24(18-28(30)22-13-9-7-10-14-22)17-25-19-29(23-15-11-8-12-16-23)31(21-27(25)26)33(4,5)6;26-24-13-9-22(10-14-24)20-5-1-18(2-6-20)17-19-3-7-21(8-4-19)23-11-15-25(27)16-12-23;1-2-4-5-3-1;;;/h7-16,18,20-21H,17H2,1-6H3;1-16H;1-3H,4H2;2*1H;/q;;;;;+2/p-2. The van der Waals surface area contributed by atoms with Crippen LogP contribution in [0.15, 0.2) is 197 Å². The normalized spacial score (nSPS) is 12.5. The molecule has 2 aliphatic carbocycles. The van der Waals surface area contributed by atoms with Gasteiger partial charge in [-0.05, 0) is 0 Å². The molecule has 0 fully saturated rings. The Morgan fingerprint density at radius 2 is 0.926 bits per heavy atom. The summed E-state index contributed by atoms with van der Waals surface area (Å²) in [6.45, 7) is 14.3. The molecule has 0 atom stereocenters. The van der Waals surface area contributed by atoms with Gasteiger partial charge in [0, 0.05) is 0 Å². The van der Waals surface area contributed by atoms with Gasteiger partial charge in [-0.15, -0.1) is 0 Å². The van der Waals surface area contributed by atoms with Crippen LogP contribution in [0.2, 0.25) is 10.0 Å². The van der Waals surface area contributed by atoms with Crippen molar-refractivity contribution in [3.05, 3.63) is 241 Å². The molecular formula is C63H54Cl4Zr. The Bertz CT molecular complexity index is 3110. The van der Waals surface area contributed by atoms with Crippen LogP contribution in [-0.2, 0) is 38.5 Å². The molecule has 0 spiro atoms. The number of hydrogen-bond acceptors (Lipinski definition) is 0. The van der Waals surface area contributed by atoms with E-state index in [4.69, 9.17) is 23.2 Å². The van der Waals surface area contributed by atoms with Crippen molar-refractivity contribution < 1.29 is 46.1 Å². The Morgan fingerprint density at radius 1 is 0.471 bits per heavy atom. The van der Waals surface area contributed by atoms with Crippen LogP contribution in [0, 0.1) is 0 Å². The van der Waals surface area contributed by atoms with Gasteiger partial charge in [0.05, 0.1) is 0 Å². The number of benzene rings is 8. The van der Waals surface area contributed by atoms with Gasteiger partial charge in [0.2, 0.25) is 0 Å². The van der Waals surface area contributed by atoms with Crippen LogP contribution in [0.5, 0.6) is 0 Å². The fourth-order valence-corrected chi connectivity index (χ4v) is 18.8. The van der Waals surface area contributed by atoms with Crippen LogP contribution in [0.3, 0.4) is 0 Å². The van der Waals surface area contributed by atoms with Gasteiger partial charge in [0.25, 0.3) is 0 Å². The van der Waals surface area contributed by atoms with E-state index in [9.17, 15) is 0 Å². The molecule has 0 bridgehead atoms. The quantitative estimate of drug-likeness (QED) is 0.142. The summed E-state index contributed by atoms with van der Waals surface area (Å²) in [5.41, 5.74) is 21.0. The van der Waals surface area contributed by atoms with Gasteiger partial charge >= 0.3 is 413 Å². The zero-order valence-electron chi connectivity index (χ0n) is 39.4. The topological polar surface area (TPSA) is 0 Å². The van der Waals surface area contributed by atoms with Crippen molar-refractivity contribution in [2.75, 3.05) is 0 Å². The molecule has 8 aromatic rings. The number of hydrogen-bond donors (Lipinski definition) is 0. The van der Waals surface area contributed by atoms with E-state index in [2.05, 4.69) is 211 Å². The van der Waals surface area contributed by atoms with Crippen molar-refractivity contribution in [1.29, 1.82) is 0 Å². The molecule has 338 valence electrons. The van der Waals surface area contributed by atoms with Crippen molar-refractivity contribution in [2.24, 2.45) is 0 Å². The van der Waals surface area contributed by atoms with Gasteiger partial charge in [0.1, 0.15) is 0 Å². The second-order valence-electron chi connectivity index (χ2n) is 19.9. The van der Waals surface area contributed by atoms with E-state index in [1.54, 1.807) is 6.55 Å². The molecule has 0 aromatic heterocycles. The number of halogens is 4. The average molecular weight is 1040 g/mol. The molecule has 0 saturated carbocycles. The van der Waals surface area contributed by atoms with Crippen LogP contribution in [0.1, 0.15) is 81.3 Å². The van der Waals surface area contributed by atoms with Crippen LogP contribution < -0.4 is 28.1 Å². The average Bonchev–Trinajstić information content (AvgIpc) is 3.99. The monoisotopic (exact) mass is 1040 g/mol. The maximum Gasteiger partial charge on any atom is -1.00 e. The minimum atomic E-state index is -3.27. The van der Waals surface area contributed by atoms with Crippen LogP contribution >= 0.6 is 23.2 Å². The molecule has 0 amide bonds. The first-order valence-electron chi connectivity index (χ1n) is 23.1. The van der Waals surface area contributed by atoms with E-state index >= 15 is 0 Å². The van der Waals surface area contributed by atoms with Crippen molar-refractivity contribution >= 4 is 29.7 Å². The fraction of sp³-hybridized carbons (Fsp3) is 0.159. The third kappa shape index (κ3) is 9.81. The molecule has 68 heavy (non-hydrogen) atoms. The summed E-state index contributed by atoms with van der Waals surface area (Å²) in [6.07, 6.45) is 9.04. The fourth-order valence-electron chi connectivity index (χ4n) is 10.1. The molecule has 0 nitrogen and oxygen atoms in total. The number of rotatable bonds is 8. The molecule has 0 radical (unpaired) electrons. The SMILES string of the molecule is CC(C)(C)c1cc2c(cc1-c1ccccc1)Cc1c-2cc(C(C)(C)C)c(-c2ccccc2)[c]1[Zr+2]([C]1=CC=CC1)=[C](c1ccc(-c2ccc(Cl)cc2)cc1)c1ccc(-c2ccc(Cl)cc2)cc1.[Cl-].[Cl-]. The molecule has 0 heterocycles. The summed E-state index contributed by atoms with van der Waals surface area (Å²) in [5, 5.41) is 1.49. The van der Waals surface area contributed by atoms with Crippen LogP contribution in [-0.4, -0.2) is 3.21 Å². The Hall–Kier alpha value is -4.85. The van der Waals surface area contributed by atoms with Crippen molar-refractivity contribution in [3.63, 3.8) is 0 Å². The van der Waals surface area contributed by atoms with E-state index in [-0.39, 0.29) is 35.6 Å². The van der Waals surface area contributed by atoms with Gasteiger partial charge in [-0.3, -0.25) is 0 Å². The molecule has 5 heteroatoms. The van der Waals surface area contributed by atoms with Gasteiger partial charge in [-0.2, -0.15) is 0 Å². The van der Waals surface area contributed by atoms with Gasteiger partial charge in [0.15, 0.2) is 0 Å². The third-order valence-corrected chi connectivity index (χ3v) is 21.6. The minimum absolute atomic E-state index is 0. The summed E-state index contributed by atoms with van der Waals surface area (Å²) in [5.74, 6) is 0. The first-order chi connectivity index (χ1) is 31.8. The second kappa shape index (κ2) is 20.2. The maximum absolute atomic E-state index is 6.36. The van der Waals surface area contributed by atoms with Gasteiger partial charge in [-0.1, -0.05) is 0 Å².